The van der Waals surface area contributed by atoms with E-state index in [1.54, 1.807) is 6.07 Å². The van der Waals surface area contributed by atoms with Crippen LogP contribution in [0.5, 0.6) is 0 Å². The van der Waals surface area contributed by atoms with Crippen molar-refractivity contribution in [2.45, 2.75) is 32.3 Å². The molecule has 2 rings (SSSR count). The summed E-state index contributed by atoms with van der Waals surface area (Å²) >= 11 is 9.36. The highest BCUT2D eigenvalue weighted by Gasteiger charge is 2.12. The van der Waals surface area contributed by atoms with Crippen LogP contribution in [0.2, 0.25) is 5.02 Å². The number of hydrogen-bond acceptors (Lipinski definition) is 1. The van der Waals surface area contributed by atoms with Crippen molar-refractivity contribution in [3.05, 3.63) is 68.7 Å². The molecule has 3 heteroatoms. The van der Waals surface area contributed by atoms with Crippen molar-refractivity contribution in [1.82, 2.24) is 0 Å². The van der Waals surface area contributed by atoms with E-state index < -0.39 is 6.10 Å². The predicted molar refractivity (Wildman–Crippen MR) is 88.3 cm³/mol. The van der Waals surface area contributed by atoms with Crippen LogP contribution in [0.3, 0.4) is 0 Å². The summed E-state index contributed by atoms with van der Waals surface area (Å²) in [5, 5.41) is 11.0. The van der Waals surface area contributed by atoms with Gasteiger partial charge >= 0.3 is 0 Å². The van der Waals surface area contributed by atoms with Crippen LogP contribution in [-0.4, -0.2) is 5.11 Å². The average Bonchev–Trinajstić information content (AvgIpc) is 2.39. The summed E-state index contributed by atoms with van der Waals surface area (Å²) in [6.07, 6.45) is 0.0602. The fourth-order valence-electron chi connectivity index (χ4n) is 2.14. The number of aliphatic hydroxyl groups is 1. The first-order valence-corrected chi connectivity index (χ1v) is 7.86. The van der Waals surface area contributed by atoms with Crippen LogP contribution in [0.25, 0.3) is 0 Å². The van der Waals surface area contributed by atoms with E-state index in [0.29, 0.717) is 17.4 Å². The SMILES string of the molecule is CC(C)c1ccc(CC(O)c2ccc(Cl)cc2Br)cc1. The minimum atomic E-state index is -0.536. The van der Waals surface area contributed by atoms with Gasteiger partial charge in [-0.3, -0.25) is 0 Å². The van der Waals surface area contributed by atoms with Crippen molar-refractivity contribution in [2.75, 3.05) is 0 Å². The Hall–Kier alpha value is -0.830. The molecule has 0 fully saturated rings. The Kier molecular flexibility index (Phi) is 5.25. The van der Waals surface area contributed by atoms with E-state index in [-0.39, 0.29) is 0 Å². The smallest absolute Gasteiger partial charge is 0.0841 e. The first-order valence-electron chi connectivity index (χ1n) is 6.69. The standard InChI is InChI=1S/C17H18BrClO/c1-11(2)13-5-3-12(4-6-13)9-17(20)15-8-7-14(19)10-16(15)18/h3-8,10-11,17,20H,9H2,1-2H3. The van der Waals surface area contributed by atoms with Gasteiger partial charge < -0.3 is 5.11 Å². The number of hydrogen-bond donors (Lipinski definition) is 1. The molecule has 0 saturated carbocycles. The normalized spacial score (nSPS) is 12.7. The summed E-state index contributed by atoms with van der Waals surface area (Å²) in [7, 11) is 0. The van der Waals surface area contributed by atoms with Crippen LogP contribution in [0.15, 0.2) is 46.9 Å². The van der Waals surface area contributed by atoms with E-state index in [4.69, 9.17) is 11.6 Å². The van der Waals surface area contributed by atoms with Gasteiger partial charge in [0.05, 0.1) is 6.10 Å². The van der Waals surface area contributed by atoms with Gasteiger partial charge in [-0.15, -0.1) is 0 Å². The molecule has 0 aliphatic carbocycles. The third-order valence-corrected chi connectivity index (χ3v) is 4.32. The fourth-order valence-corrected chi connectivity index (χ4v) is 3.09. The third-order valence-electron chi connectivity index (χ3n) is 3.40. The van der Waals surface area contributed by atoms with Gasteiger partial charge in [0.2, 0.25) is 0 Å². The Morgan fingerprint density at radius 2 is 1.75 bits per heavy atom. The lowest BCUT2D eigenvalue weighted by molar-refractivity contribution is 0.177. The van der Waals surface area contributed by atoms with Crippen LogP contribution in [-0.2, 0) is 6.42 Å². The largest absolute Gasteiger partial charge is 0.388 e. The molecule has 0 heterocycles. The molecule has 0 saturated heterocycles. The van der Waals surface area contributed by atoms with Gasteiger partial charge in [0.25, 0.3) is 0 Å². The molecule has 0 bridgehead atoms. The van der Waals surface area contributed by atoms with Gasteiger partial charge in [-0.25, -0.2) is 0 Å². The molecular formula is C17H18BrClO. The van der Waals surface area contributed by atoms with Gasteiger partial charge in [0, 0.05) is 15.9 Å². The lowest BCUT2D eigenvalue weighted by atomic mass is 9.97. The van der Waals surface area contributed by atoms with Crippen molar-refractivity contribution >= 4 is 27.5 Å². The molecule has 1 nitrogen and oxygen atoms in total. The van der Waals surface area contributed by atoms with E-state index >= 15 is 0 Å². The van der Waals surface area contributed by atoms with Crippen molar-refractivity contribution in [2.24, 2.45) is 0 Å². The Morgan fingerprint density at radius 1 is 1.10 bits per heavy atom. The van der Waals surface area contributed by atoms with E-state index in [1.165, 1.54) is 5.56 Å². The first kappa shape index (κ1) is 15.6. The van der Waals surface area contributed by atoms with E-state index in [1.807, 2.05) is 12.1 Å². The zero-order valence-corrected chi connectivity index (χ0v) is 13.9. The highest BCUT2D eigenvalue weighted by molar-refractivity contribution is 9.10. The van der Waals surface area contributed by atoms with Crippen LogP contribution in [0, 0.1) is 0 Å². The Morgan fingerprint density at radius 3 is 2.30 bits per heavy atom. The van der Waals surface area contributed by atoms with Crippen molar-refractivity contribution in [3.63, 3.8) is 0 Å². The summed E-state index contributed by atoms with van der Waals surface area (Å²) in [5.41, 5.74) is 3.31. The van der Waals surface area contributed by atoms with Gasteiger partial charge in [-0.1, -0.05) is 71.7 Å². The summed E-state index contributed by atoms with van der Waals surface area (Å²) in [5.74, 6) is 0.527. The fraction of sp³-hybridized carbons (Fsp3) is 0.294. The number of halogens is 2. The van der Waals surface area contributed by atoms with E-state index in [9.17, 15) is 5.11 Å². The maximum atomic E-state index is 10.4. The van der Waals surface area contributed by atoms with E-state index in [2.05, 4.69) is 54.0 Å². The number of aliphatic hydroxyl groups excluding tert-OH is 1. The van der Waals surface area contributed by atoms with Crippen molar-refractivity contribution in [3.8, 4) is 0 Å². The van der Waals surface area contributed by atoms with Gasteiger partial charge in [-0.05, 0) is 34.7 Å². The van der Waals surface area contributed by atoms with Crippen LogP contribution in [0.1, 0.15) is 42.6 Å². The number of rotatable bonds is 4. The molecule has 20 heavy (non-hydrogen) atoms. The highest BCUT2D eigenvalue weighted by Crippen LogP contribution is 2.29. The van der Waals surface area contributed by atoms with Crippen LogP contribution >= 0.6 is 27.5 Å². The maximum Gasteiger partial charge on any atom is 0.0841 e. The molecule has 0 aromatic heterocycles. The highest BCUT2D eigenvalue weighted by atomic mass is 79.9. The molecule has 1 atom stereocenters. The quantitative estimate of drug-likeness (QED) is 0.769. The third kappa shape index (κ3) is 3.85. The maximum absolute atomic E-state index is 10.4. The van der Waals surface area contributed by atoms with Gasteiger partial charge in [-0.2, -0.15) is 0 Å². The Bertz CT molecular complexity index is 578. The second-order valence-corrected chi connectivity index (χ2v) is 6.57. The molecule has 2 aromatic rings. The molecule has 0 radical (unpaired) electrons. The molecule has 0 spiro atoms. The van der Waals surface area contributed by atoms with Crippen LogP contribution < -0.4 is 0 Å². The molecule has 106 valence electrons. The second-order valence-electron chi connectivity index (χ2n) is 5.28. The summed E-state index contributed by atoms with van der Waals surface area (Å²) in [6.45, 7) is 4.35. The van der Waals surface area contributed by atoms with Gasteiger partial charge in [0.1, 0.15) is 0 Å². The van der Waals surface area contributed by atoms with Crippen LogP contribution in [0.4, 0.5) is 0 Å². The minimum absolute atomic E-state index is 0.527. The zero-order valence-electron chi connectivity index (χ0n) is 11.6. The summed E-state index contributed by atoms with van der Waals surface area (Å²) in [4.78, 5) is 0. The lowest BCUT2D eigenvalue weighted by Gasteiger charge is -2.14. The molecule has 0 aliphatic heterocycles. The Labute approximate surface area is 133 Å². The molecule has 1 unspecified atom stereocenters. The average molecular weight is 354 g/mol. The number of benzene rings is 2. The van der Waals surface area contributed by atoms with Crippen molar-refractivity contribution in [1.29, 1.82) is 0 Å². The van der Waals surface area contributed by atoms with E-state index in [0.717, 1.165) is 15.6 Å². The molecule has 0 amide bonds. The summed E-state index contributed by atoms with van der Waals surface area (Å²) in [6, 6.07) is 13.9. The minimum Gasteiger partial charge on any atom is -0.388 e. The second kappa shape index (κ2) is 6.75. The zero-order chi connectivity index (χ0) is 14.7. The topological polar surface area (TPSA) is 20.2 Å². The predicted octanol–water partition coefficient (Wildman–Crippen LogP) is 5.50. The monoisotopic (exact) mass is 352 g/mol. The lowest BCUT2D eigenvalue weighted by Crippen LogP contribution is -2.03. The molecule has 1 N–H and O–H groups in total. The van der Waals surface area contributed by atoms with Gasteiger partial charge in [0.15, 0.2) is 0 Å². The first-order chi connectivity index (χ1) is 9.47. The molecule has 2 aromatic carbocycles. The molecular weight excluding hydrogens is 336 g/mol. The van der Waals surface area contributed by atoms with Crippen molar-refractivity contribution < 1.29 is 5.11 Å². The Balaban J connectivity index is 2.12. The molecule has 0 aliphatic rings. The summed E-state index contributed by atoms with van der Waals surface area (Å²) < 4.78 is 0.844.